The minimum Gasteiger partial charge on any atom is -0.385 e. The van der Waals surface area contributed by atoms with E-state index in [0.717, 1.165) is 28.5 Å². The molecule has 0 radical (unpaired) electrons. The maximum absolute atomic E-state index is 12.3. The lowest BCUT2D eigenvalue weighted by Crippen LogP contribution is -2.24. The van der Waals surface area contributed by atoms with Crippen LogP contribution in [-0.2, 0) is 6.54 Å². The number of thiazole rings is 1. The van der Waals surface area contributed by atoms with Crippen LogP contribution in [0.5, 0.6) is 0 Å². The van der Waals surface area contributed by atoms with Gasteiger partial charge in [0.2, 0.25) is 0 Å². The Morgan fingerprint density at radius 3 is 2.80 bits per heavy atom. The summed E-state index contributed by atoms with van der Waals surface area (Å²) in [5.74, 6) is -0.124. The molecule has 6 heteroatoms. The van der Waals surface area contributed by atoms with Crippen LogP contribution in [0.2, 0.25) is 0 Å². The van der Waals surface area contributed by atoms with Crippen molar-refractivity contribution >= 4 is 22.9 Å². The number of carbonyl (C=O) groups excluding carboxylic acids is 1. The van der Waals surface area contributed by atoms with Gasteiger partial charge in [-0.2, -0.15) is 0 Å². The van der Waals surface area contributed by atoms with Gasteiger partial charge >= 0.3 is 0 Å². The zero-order chi connectivity index (χ0) is 14.5. The summed E-state index contributed by atoms with van der Waals surface area (Å²) in [7, 11) is 0. The number of carbonyl (C=O) groups is 1. The maximum Gasteiger partial charge on any atom is 0.255 e. The number of aromatic nitrogens is 2. The Labute approximate surface area is 122 Å². The highest BCUT2D eigenvalue weighted by Gasteiger charge is 2.12. The molecule has 106 valence electrons. The molecule has 0 atom stereocenters. The lowest BCUT2D eigenvalue weighted by molar-refractivity contribution is 0.0951. The minimum absolute atomic E-state index is 0.124. The van der Waals surface area contributed by atoms with Gasteiger partial charge in [-0.25, -0.2) is 4.98 Å². The summed E-state index contributed by atoms with van der Waals surface area (Å²) in [6.45, 7) is 7.10. The lowest BCUT2D eigenvalue weighted by atomic mass is 10.2. The highest BCUT2D eigenvalue weighted by atomic mass is 32.1. The monoisotopic (exact) mass is 290 g/mol. The fourth-order valence-electron chi connectivity index (χ4n) is 1.83. The topological polar surface area (TPSA) is 66.9 Å². The van der Waals surface area contributed by atoms with Crippen LogP contribution in [0.3, 0.4) is 0 Å². The van der Waals surface area contributed by atoms with Gasteiger partial charge in [0, 0.05) is 23.3 Å². The minimum atomic E-state index is -0.124. The van der Waals surface area contributed by atoms with Gasteiger partial charge in [0.1, 0.15) is 0 Å². The molecule has 0 aromatic carbocycles. The van der Waals surface area contributed by atoms with Gasteiger partial charge in [0.25, 0.3) is 5.91 Å². The van der Waals surface area contributed by atoms with Crippen LogP contribution in [0, 0.1) is 13.8 Å². The van der Waals surface area contributed by atoms with Gasteiger partial charge in [-0.15, -0.1) is 11.3 Å². The number of hydrogen-bond acceptors (Lipinski definition) is 5. The van der Waals surface area contributed by atoms with Gasteiger partial charge in [-0.1, -0.05) is 0 Å². The second kappa shape index (κ2) is 6.47. The first kappa shape index (κ1) is 14.5. The molecule has 0 saturated carbocycles. The van der Waals surface area contributed by atoms with Crippen LogP contribution >= 0.6 is 11.3 Å². The highest BCUT2D eigenvalue weighted by molar-refractivity contribution is 7.09. The standard InChI is InChI=1S/C14H18N4OS/c1-4-15-12-5-9(2)16-6-11(12)14(19)17-7-13-10(3)18-8-20-13/h5-6,8H,4,7H2,1-3H3,(H,15,16)(H,17,19). The van der Waals surface area contributed by atoms with Gasteiger partial charge < -0.3 is 10.6 Å². The number of pyridine rings is 1. The average Bonchev–Trinajstić information content (AvgIpc) is 2.82. The van der Waals surface area contributed by atoms with Crippen molar-refractivity contribution in [3.8, 4) is 0 Å². The third-order valence-corrected chi connectivity index (χ3v) is 3.84. The molecule has 0 saturated heterocycles. The van der Waals surface area contributed by atoms with E-state index in [1.165, 1.54) is 0 Å². The van der Waals surface area contributed by atoms with Crippen molar-refractivity contribution < 1.29 is 4.79 Å². The molecule has 5 nitrogen and oxygen atoms in total. The second-order valence-corrected chi connectivity index (χ2v) is 5.38. The number of rotatable bonds is 5. The smallest absolute Gasteiger partial charge is 0.255 e. The fraction of sp³-hybridized carbons (Fsp3) is 0.357. The molecule has 2 rings (SSSR count). The van der Waals surface area contributed by atoms with E-state index in [0.29, 0.717) is 12.1 Å². The molecule has 0 spiro atoms. The summed E-state index contributed by atoms with van der Waals surface area (Å²) in [6.07, 6.45) is 1.61. The van der Waals surface area contributed by atoms with Crippen LogP contribution < -0.4 is 10.6 Å². The van der Waals surface area contributed by atoms with E-state index in [1.807, 2.05) is 26.8 Å². The first-order chi connectivity index (χ1) is 9.61. The normalized spacial score (nSPS) is 10.3. The number of aryl methyl sites for hydroxylation is 2. The van der Waals surface area contributed by atoms with E-state index in [1.54, 1.807) is 23.0 Å². The van der Waals surface area contributed by atoms with Crippen LogP contribution in [0.25, 0.3) is 0 Å². The summed E-state index contributed by atoms with van der Waals surface area (Å²) in [5, 5.41) is 6.10. The Bertz CT molecular complexity index is 609. The van der Waals surface area contributed by atoms with E-state index < -0.39 is 0 Å². The van der Waals surface area contributed by atoms with Crippen LogP contribution in [0.15, 0.2) is 17.8 Å². The number of hydrogen-bond donors (Lipinski definition) is 2. The van der Waals surface area contributed by atoms with Crippen molar-refractivity contribution in [2.24, 2.45) is 0 Å². The van der Waals surface area contributed by atoms with E-state index in [9.17, 15) is 4.79 Å². The van der Waals surface area contributed by atoms with Gasteiger partial charge in [0.05, 0.1) is 29.0 Å². The molecule has 2 N–H and O–H groups in total. The van der Waals surface area contributed by atoms with Crippen molar-refractivity contribution in [1.29, 1.82) is 0 Å². The zero-order valence-electron chi connectivity index (χ0n) is 11.9. The zero-order valence-corrected chi connectivity index (χ0v) is 12.7. The van der Waals surface area contributed by atoms with Crippen LogP contribution in [0.4, 0.5) is 5.69 Å². The molecule has 0 aliphatic heterocycles. The van der Waals surface area contributed by atoms with Gasteiger partial charge in [-0.05, 0) is 26.8 Å². The van der Waals surface area contributed by atoms with Crippen molar-refractivity contribution in [2.45, 2.75) is 27.3 Å². The molecule has 0 unspecified atom stereocenters. The fourth-order valence-corrected chi connectivity index (χ4v) is 2.55. The van der Waals surface area contributed by atoms with Crippen molar-refractivity contribution in [3.05, 3.63) is 39.6 Å². The SMILES string of the molecule is CCNc1cc(C)ncc1C(=O)NCc1scnc1C. The summed E-state index contributed by atoms with van der Waals surface area (Å²) in [6, 6.07) is 1.89. The van der Waals surface area contributed by atoms with Crippen molar-refractivity contribution in [2.75, 3.05) is 11.9 Å². The molecule has 0 aliphatic carbocycles. The highest BCUT2D eigenvalue weighted by Crippen LogP contribution is 2.16. The third kappa shape index (κ3) is 3.33. The maximum atomic E-state index is 12.3. The van der Waals surface area contributed by atoms with E-state index in [-0.39, 0.29) is 5.91 Å². The molecular weight excluding hydrogens is 272 g/mol. The summed E-state index contributed by atoms with van der Waals surface area (Å²) < 4.78 is 0. The Balaban J connectivity index is 2.11. The predicted octanol–water partition coefficient (Wildman–Crippen LogP) is 2.52. The van der Waals surface area contributed by atoms with E-state index >= 15 is 0 Å². The number of amides is 1. The molecule has 20 heavy (non-hydrogen) atoms. The number of anilines is 1. The molecule has 2 aromatic rings. The summed E-state index contributed by atoms with van der Waals surface area (Å²) in [5.41, 5.74) is 5.02. The summed E-state index contributed by atoms with van der Waals surface area (Å²) in [4.78, 5) is 21.7. The first-order valence-corrected chi connectivity index (χ1v) is 7.37. The van der Waals surface area contributed by atoms with Crippen LogP contribution in [0.1, 0.15) is 33.5 Å². The predicted molar refractivity (Wildman–Crippen MR) is 81.2 cm³/mol. The van der Waals surface area contributed by atoms with E-state index in [4.69, 9.17) is 0 Å². The quantitative estimate of drug-likeness (QED) is 0.888. The molecule has 1 amide bonds. The lowest BCUT2D eigenvalue weighted by Gasteiger charge is -2.11. The third-order valence-electron chi connectivity index (χ3n) is 2.91. The van der Waals surface area contributed by atoms with Gasteiger partial charge in [-0.3, -0.25) is 9.78 Å². The van der Waals surface area contributed by atoms with Crippen molar-refractivity contribution in [1.82, 2.24) is 15.3 Å². The van der Waals surface area contributed by atoms with Crippen molar-refractivity contribution in [3.63, 3.8) is 0 Å². The number of nitrogens with one attached hydrogen (secondary N) is 2. The van der Waals surface area contributed by atoms with E-state index in [2.05, 4.69) is 20.6 Å². The molecule has 2 aromatic heterocycles. The summed E-state index contributed by atoms with van der Waals surface area (Å²) >= 11 is 1.55. The Morgan fingerprint density at radius 2 is 2.15 bits per heavy atom. The average molecular weight is 290 g/mol. The van der Waals surface area contributed by atoms with Crippen LogP contribution in [-0.4, -0.2) is 22.4 Å². The Morgan fingerprint density at radius 1 is 1.35 bits per heavy atom. The first-order valence-electron chi connectivity index (χ1n) is 6.49. The molecular formula is C14H18N4OS. The number of nitrogens with zero attached hydrogens (tertiary/aromatic N) is 2. The molecule has 0 aliphatic rings. The molecule has 0 bridgehead atoms. The molecule has 2 heterocycles. The Hall–Kier alpha value is -1.95. The second-order valence-electron chi connectivity index (χ2n) is 4.45. The molecule has 0 fully saturated rings. The largest absolute Gasteiger partial charge is 0.385 e. The Kier molecular flexibility index (Phi) is 4.68. The van der Waals surface area contributed by atoms with Gasteiger partial charge in [0.15, 0.2) is 0 Å².